The number of phenols is 1. The molecular formula is C19H19ClN2O4. The lowest BCUT2D eigenvalue weighted by Gasteiger charge is -2.17. The second kappa shape index (κ2) is 7.66. The average Bonchev–Trinajstić information content (AvgIpc) is 3.03. The number of ether oxygens (including phenoxy) is 1. The van der Waals surface area contributed by atoms with Crippen molar-refractivity contribution in [3.63, 3.8) is 0 Å². The van der Waals surface area contributed by atoms with Gasteiger partial charge < -0.3 is 20.1 Å². The predicted molar refractivity (Wildman–Crippen MR) is 98.4 cm³/mol. The monoisotopic (exact) mass is 374 g/mol. The highest BCUT2D eigenvalue weighted by atomic mass is 35.5. The zero-order valence-corrected chi connectivity index (χ0v) is 15.0. The molecule has 0 bridgehead atoms. The number of rotatable bonds is 5. The molecule has 1 aliphatic rings. The van der Waals surface area contributed by atoms with Gasteiger partial charge in [-0.25, -0.2) is 0 Å². The lowest BCUT2D eigenvalue weighted by atomic mass is 10.1. The lowest BCUT2D eigenvalue weighted by molar-refractivity contribution is -0.132. The van der Waals surface area contributed by atoms with Crippen LogP contribution in [0.4, 0.5) is 5.69 Å². The molecule has 0 spiro atoms. The Hall–Kier alpha value is -2.73. The standard InChI is InChI=1S/C19H19ClN2O4/c1-26-17-10-12(2-7-16(17)23)11-21-18(24)15-8-9-22(19(15)25)14-5-3-13(20)4-6-14/h2-7,10,15,23H,8-9,11H2,1H3,(H,21,24). The Morgan fingerprint density at radius 1 is 1.31 bits per heavy atom. The molecule has 2 N–H and O–H groups in total. The van der Waals surface area contributed by atoms with E-state index < -0.39 is 5.92 Å². The minimum atomic E-state index is -0.704. The number of hydrogen-bond acceptors (Lipinski definition) is 4. The van der Waals surface area contributed by atoms with Crippen LogP contribution in [0.15, 0.2) is 42.5 Å². The van der Waals surface area contributed by atoms with E-state index in [0.717, 1.165) is 11.3 Å². The van der Waals surface area contributed by atoms with E-state index in [1.165, 1.54) is 13.2 Å². The number of anilines is 1. The maximum Gasteiger partial charge on any atom is 0.239 e. The van der Waals surface area contributed by atoms with Crippen molar-refractivity contribution in [3.05, 3.63) is 53.1 Å². The van der Waals surface area contributed by atoms with Crippen LogP contribution in [0.25, 0.3) is 0 Å². The van der Waals surface area contributed by atoms with Crippen molar-refractivity contribution in [1.82, 2.24) is 5.32 Å². The average molecular weight is 375 g/mol. The van der Waals surface area contributed by atoms with Gasteiger partial charge in [-0.2, -0.15) is 0 Å². The maximum absolute atomic E-state index is 12.6. The van der Waals surface area contributed by atoms with Crippen LogP contribution in [0.3, 0.4) is 0 Å². The fourth-order valence-electron chi connectivity index (χ4n) is 2.94. The van der Waals surface area contributed by atoms with Gasteiger partial charge in [-0.05, 0) is 48.4 Å². The molecule has 1 aliphatic heterocycles. The molecule has 1 atom stereocenters. The molecule has 1 fully saturated rings. The number of benzene rings is 2. The summed E-state index contributed by atoms with van der Waals surface area (Å²) in [5, 5.41) is 13.0. The number of hydrogen-bond donors (Lipinski definition) is 2. The Morgan fingerprint density at radius 3 is 2.73 bits per heavy atom. The lowest BCUT2D eigenvalue weighted by Crippen LogP contribution is -2.36. The molecule has 1 saturated heterocycles. The van der Waals surface area contributed by atoms with Crippen molar-refractivity contribution < 1.29 is 19.4 Å². The van der Waals surface area contributed by atoms with E-state index in [9.17, 15) is 14.7 Å². The predicted octanol–water partition coefficient (Wildman–Crippen LogP) is 2.72. The summed E-state index contributed by atoms with van der Waals surface area (Å²) in [6.07, 6.45) is 0.464. The van der Waals surface area contributed by atoms with E-state index in [0.29, 0.717) is 23.7 Å². The first kappa shape index (κ1) is 18.1. The number of nitrogens with one attached hydrogen (secondary N) is 1. The summed E-state index contributed by atoms with van der Waals surface area (Å²) in [7, 11) is 1.46. The molecule has 6 nitrogen and oxygen atoms in total. The SMILES string of the molecule is COc1cc(CNC(=O)C2CCN(c3ccc(Cl)cc3)C2=O)ccc1O. The topological polar surface area (TPSA) is 78.9 Å². The van der Waals surface area contributed by atoms with E-state index in [4.69, 9.17) is 16.3 Å². The third-order valence-electron chi connectivity index (χ3n) is 4.37. The highest BCUT2D eigenvalue weighted by Crippen LogP contribution is 2.28. The summed E-state index contributed by atoms with van der Waals surface area (Å²) in [5.41, 5.74) is 1.51. The summed E-state index contributed by atoms with van der Waals surface area (Å²) in [6.45, 7) is 0.742. The minimum Gasteiger partial charge on any atom is -0.504 e. The van der Waals surface area contributed by atoms with Gasteiger partial charge in [0.05, 0.1) is 7.11 Å². The zero-order chi connectivity index (χ0) is 18.7. The summed E-state index contributed by atoms with van der Waals surface area (Å²) < 4.78 is 5.05. The molecule has 0 radical (unpaired) electrons. The van der Waals surface area contributed by atoms with E-state index in [1.807, 2.05) is 0 Å². The van der Waals surface area contributed by atoms with Crippen LogP contribution >= 0.6 is 11.6 Å². The summed E-state index contributed by atoms with van der Waals surface area (Å²) in [4.78, 5) is 26.6. The third kappa shape index (κ3) is 3.75. The van der Waals surface area contributed by atoms with Crippen molar-refractivity contribution in [2.75, 3.05) is 18.6 Å². The largest absolute Gasteiger partial charge is 0.504 e. The van der Waals surface area contributed by atoms with Gasteiger partial charge >= 0.3 is 0 Å². The van der Waals surface area contributed by atoms with Crippen molar-refractivity contribution in [2.45, 2.75) is 13.0 Å². The molecule has 0 saturated carbocycles. The van der Waals surface area contributed by atoms with Gasteiger partial charge in [0.25, 0.3) is 0 Å². The number of carbonyl (C=O) groups is 2. The smallest absolute Gasteiger partial charge is 0.239 e. The maximum atomic E-state index is 12.6. The highest BCUT2D eigenvalue weighted by Gasteiger charge is 2.37. The fraction of sp³-hybridized carbons (Fsp3) is 0.263. The van der Waals surface area contributed by atoms with Crippen LogP contribution in [0, 0.1) is 5.92 Å². The number of halogens is 1. The zero-order valence-electron chi connectivity index (χ0n) is 14.2. The summed E-state index contributed by atoms with van der Waals surface area (Å²) in [6, 6.07) is 11.8. The number of phenolic OH excluding ortho intramolecular Hbond substituents is 1. The Bertz CT molecular complexity index is 823. The van der Waals surface area contributed by atoms with Crippen molar-refractivity contribution in [3.8, 4) is 11.5 Å². The van der Waals surface area contributed by atoms with Crippen LogP contribution in [0.2, 0.25) is 5.02 Å². The van der Waals surface area contributed by atoms with Gasteiger partial charge in [-0.3, -0.25) is 9.59 Å². The Balaban J connectivity index is 1.62. The number of carbonyl (C=O) groups excluding carboxylic acids is 2. The van der Waals surface area contributed by atoms with Gasteiger partial charge in [0, 0.05) is 23.8 Å². The first-order valence-electron chi connectivity index (χ1n) is 8.20. The van der Waals surface area contributed by atoms with Crippen LogP contribution in [-0.2, 0) is 16.1 Å². The Kier molecular flexibility index (Phi) is 5.32. The second-order valence-electron chi connectivity index (χ2n) is 6.03. The molecule has 7 heteroatoms. The summed E-state index contributed by atoms with van der Waals surface area (Å²) in [5.74, 6) is -0.855. The fourth-order valence-corrected chi connectivity index (χ4v) is 3.07. The minimum absolute atomic E-state index is 0.0344. The van der Waals surface area contributed by atoms with Crippen LogP contribution < -0.4 is 15.0 Å². The van der Waals surface area contributed by atoms with E-state index in [1.54, 1.807) is 41.3 Å². The van der Waals surface area contributed by atoms with Crippen LogP contribution in [-0.4, -0.2) is 30.6 Å². The van der Waals surface area contributed by atoms with Gasteiger partial charge in [-0.1, -0.05) is 17.7 Å². The molecular weight excluding hydrogens is 356 g/mol. The molecule has 1 unspecified atom stereocenters. The van der Waals surface area contributed by atoms with Gasteiger partial charge in [0.2, 0.25) is 11.8 Å². The van der Waals surface area contributed by atoms with Crippen molar-refractivity contribution >= 4 is 29.1 Å². The number of amides is 2. The van der Waals surface area contributed by atoms with Gasteiger partial charge in [-0.15, -0.1) is 0 Å². The first-order chi connectivity index (χ1) is 12.5. The van der Waals surface area contributed by atoms with Crippen molar-refractivity contribution in [1.29, 1.82) is 0 Å². The molecule has 0 aliphatic carbocycles. The Labute approximate surface area is 156 Å². The number of nitrogens with zero attached hydrogens (tertiary/aromatic N) is 1. The number of aromatic hydroxyl groups is 1. The van der Waals surface area contributed by atoms with E-state index in [2.05, 4.69) is 5.32 Å². The molecule has 2 aromatic rings. The quantitative estimate of drug-likeness (QED) is 0.789. The normalized spacial score (nSPS) is 16.6. The first-order valence-corrected chi connectivity index (χ1v) is 8.58. The highest BCUT2D eigenvalue weighted by molar-refractivity contribution is 6.30. The molecule has 136 valence electrons. The van der Waals surface area contributed by atoms with E-state index in [-0.39, 0.29) is 24.1 Å². The molecule has 0 aromatic heterocycles. The summed E-state index contributed by atoms with van der Waals surface area (Å²) >= 11 is 5.87. The number of methoxy groups -OCH3 is 1. The van der Waals surface area contributed by atoms with E-state index >= 15 is 0 Å². The van der Waals surface area contributed by atoms with Crippen molar-refractivity contribution in [2.24, 2.45) is 5.92 Å². The van der Waals surface area contributed by atoms with Crippen LogP contribution in [0.1, 0.15) is 12.0 Å². The molecule has 1 heterocycles. The molecule has 3 rings (SSSR count). The molecule has 2 amide bonds. The van der Waals surface area contributed by atoms with Gasteiger partial charge in [0.1, 0.15) is 5.92 Å². The molecule has 26 heavy (non-hydrogen) atoms. The van der Waals surface area contributed by atoms with Gasteiger partial charge in [0.15, 0.2) is 11.5 Å². The second-order valence-corrected chi connectivity index (χ2v) is 6.47. The third-order valence-corrected chi connectivity index (χ3v) is 4.62. The molecule has 2 aromatic carbocycles. The Morgan fingerprint density at radius 2 is 2.04 bits per heavy atom. The van der Waals surface area contributed by atoms with Crippen LogP contribution in [0.5, 0.6) is 11.5 Å².